The predicted octanol–water partition coefficient (Wildman–Crippen LogP) is 5.17. The number of carbonyl (C=O) groups is 8. The SMILES string of the molecule is O=C1N[C@@H]2Cc3ccc(c(Cl)c3)Oc3cc4cc(c3O)Oc3ccc(cc3Cl)[C@@H](O)[C@@H]3NC(=O)[C@H](NC(=O)[C@@H]4NC(=O)[C@@H](NC2=O)c2cc(O)cc(c2)Oc2cc(ccc2O)C1=O)c1ccc(O)c(c1)-c1c(O)cc(O)cc1[C@@H](C(=O)O)NC3=O. The van der Waals surface area contributed by atoms with Gasteiger partial charge in [-0.2, -0.15) is 0 Å². The summed E-state index contributed by atoms with van der Waals surface area (Å²) in [6.45, 7) is 0. The highest BCUT2D eigenvalue weighted by atomic mass is 35.5. The molecule has 0 saturated heterocycles. The van der Waals surface area contributed by atoms with Crippen molar-refractivity contribution in [3.63, 3.8) is 0 Å². The minimum absolute atomic E-state index is 0.170. The zero-order valence-corrected chi connectivity index (χ0v) is 44.6. The molecular formula is C58H42Cl2N6O19. The molecule has 0 fully saturated rings. The minimum atomic E-state index is -2.20. The molecule has 6 aliphatic heterocycles. The average molecular weight is 1200 g/mol. The summed E-state index contributed by atoms with van der Waals surface area (Å²) in [4.78, 5) is 116. The fourth-order valence-electron chi connectivity index (χ4n) is 10.1. The second-order valence-corrected chi connectivity index (χ2v) is 20.7. The number of ketones is 1. The van der Waals surface area contributed by atoms with Crippen LogP contribution in [0.3, 0.4) is 0 Å². The van der Waals surface area contributed by atoms with Crippen molar-refractivity contribution in [1.29, 1.82) is 0 Å². The van der Waals surface area contributed by atoms with Crippen LogP contribution in [0.25, 0.3) is 11.1 Å². The van der Waals surface area contributed by atoms with Gasteiger partial charge in [-0.15, -0.1) is 0 Å². The van der Waals surface area contributed by atoms with Crippen molar-refractivity contribution >= 4 is 70.4 Å². The molecule has 432 valence electrons. The molecule has 7 aromatic rings. The first-order valence-electron chi connectivity index (χ1n) is 25.3. The molecule has 6 amide bonds. The maximum Gasteiger partial charge on any atom is 0.330 e. The summed E-state index contributed by atoms with van der Waals surface area (Å²) in [5.74, 6) is -17.2. The highest BCUT2D eigenvalue weighted by Crippen LogP contribution is 2.48. The van der Waals surface area contributed by atoms with Crippen LogP contribution in [0.1, 0.15) is 74.0 Å². The third-order valence-electron chi connectivity index (χ3n) is 14.2. The van der Waals surface area contributed by atoms with Gasteiger partial charge in [-0.25, -0.2) is 4.79 Å². The molecule has 85 heavy (non-hydrogen) atoms. The van der Waals surface area contributed by atoms with E-state index in [0.29, 0.717) is 0 Å². The van der Waals surface area contributed by atoms with Gasteiger partial charge in [0, 0.05) is 40.8 Å². The molecule has 0 aromatic heterocycles. The van der Waals surface area contributed by atoms with Crippen molar-refractivity contribution in [2.75, 3.05) is 0 Å². The van der Waals surface area contributed by atoms with Gasteiger partial charge in [-0.3, -0.25) is 33.6 Å². The van der Waals surface area contributed by atoms with Gasteiger partial charge in [0.15, 0.2) is 29.0 Å². The van der Waals surface area contributed by atoms with E-state index in [-0.39, 0.29) is 60.7 Å². The zero-order valence-electron chi connectivity index (χ0n) is 43.0. The van der Waals surface area contributed by atoms with Gasteiger partial charge in [-0.1, -0.05) is 41.4 Å². The molecule has 7 atom stereocenters. The molecule has 25 nitrogen and oxygen atoms in total. The number of benzene rings is 7. The Bertz CT molecular complexity index is 4080. The Balaban J connectivity index is 1.15. The van der Waals surface area contributed by atoms with Crippen LogP contribution < -0.4 is 46.1 Å². The second-order valence-electron chi connectivity index (χ2n) is 19.9. The van der Waals surface area contributed by atoms with Crippen molar-refractivity contribution in [2.24, 2.45) is 0 Å². The number of ether oxygens (including phenoxy) is 3. The van der Waals surface area contributed by atoms with E-state index in [0.717, 1.165) is 84.9 Å². The molecule has 7 aromatic carbocycles. The van der Waals surface area contributed by atoms with E-state index in [1.165, 1.54) is 30.3 Å². The minimum Gasteiger partial charge on any atom is -0.508 e. The molecule has 6 aliphatic rings. The summed E-state index contributed by atoms with van der Waals surface area (Å²) in [5, 5.41) is 104. The Hall–Kier alpha value is -10.8. The van der Waals surface area contributed by atoms with Gasteiger partial charge in [0.05, 0.1) is 10.0 Å². The van der Waals surface area contributed by atoms with Gasteiger partial charge in [0.1, 0.15) is 76.6 Å². The standard InChI is InChI=1S/C58H42Cl2N6O19/c59-32-9-21-1-7-38(32)84-41-16-26-17-42(51(41)74)85-39-8-4-23(14-33(39)60)49(72)48-56(79)65-47(58(81)82)31-19-28(68)20-37(71)43(31)30-13-22(2-5-35(30)69)44(53(76)66-48)63-55(78)46(26)64-54(77)45-25-11-27(67)18-29(12-25)83-40-15-24(3-6-36(40)70)50(73)57(80)61-34(10-21)52(75)62-45/h1-9,11-20,34,44-49,67-72,74H,10H2,(H,61,80)(H,62,75)(H,63,78)(H,64,77)(H,65,79)(H,66,76)(H,81,82)/t34-,44-,45+,46-,47+,48+,49-/m1/s1. The summed E-state index contributed by atoms with van der Waals surface area (Å²) in [7, 11) is 0. The Morgan fingerprint density at radius 2 is 1.09 bits per heavy atom. The van der Waals surface area contributed by atoms with Crippen LogP contribution in [0.4, 0.5) is 0 Å². The van der Waals surface area contributed by atoms with Gasteiger partial charge in [-0.05, 0) is 113 Å². The number of phenols is 6. The topological polar surface area (TPSA) is 398 Å². The summed E-state index contributed by atoms with van der Waals surface area (Å²) in [5.41, 5.74) is -2.62. The number of Topliss-reactive ketones (excluding diaryl/α,β-unsaturated/α-hetero) is 1. The molecule has 27 heteroatoms. The number of halogens is 2. The first-order valence-corrected chi connectivity index (χ1v) is 26.1. The molecule has 0 saturated carbocycles. The lowest BCUT2D eigenvalue weighted by Crippen LogP contribution is -2.55. The number of fused-ring (bicyclic) bond motifs is 14. The van der Waals surface area contributed by atoms with E-state index < -0.39 is 164 Å². The van der Waals surface area contributed by atoms with Crippen LogP contribution in [-0.2, 0) is 40.0 Å². The van der Waals surface area contributed by atoms with Crippen molar-refractivity contribution in [1.82, 2.24) is 31.9 Å². The molecule has 0 spiro atoms. The van der Waals surface area contributed by atoms with Crippen LogP contribution in [0, 0.1) is 0 Å². The first kappa shape index (κ1) is 56.1. The lowest BCUT2D eigenvalue weighted by Gasteiger charge is -2.31. The number of aliphatic hydroxyl groups is 1. The number of aliphatic carboxylic acids is 1. The van der Waals surface area contributed by atoms with Gasteiger partial charge in [0.2, 0.25) is 41.1 Å². The number of rotatable bonds is 1. The largest absolute Gasteiger partial charge is 0.508 e. The number of aromatic hydroxyl groups is 6. The van der Waals surface area contributed by atoms with Gasteiger partial charge in [0.25, 0.3) is 5.91 Å². The highest BCUT2D eigenvalue weighted by molar-refractivity contribution is 6.43. The number of carbonyl (C=O) groups excluding carboxylic acids is 7. The molecule has 14 N–H and O–H groups in total. The van der Waals surface area contributed by atoms with E-state index in [2.05, 4.69) is 31.9 Å². The number of hydrogen-bond donors (Lipinski definition) is 14. The van der Waals surface area contributed by atoms with Crippen molar-refractivity contribution in [2.45, 2.75) is 48.8 Å². The molecular weight excluding hydrogens is 1160 g/mol. The van der Waals surface area contributed by atoms with Crippen LogP contribution in [-0.4, -0.2) is 100 Å². The third-order valence-corrected chi connectivity index (χ3v) is 14.8. The molecule has 0 unspecified atom stereocenters. The van der Waals surface area contributed by atoms with Gasteiger partial charge >= 0.3 is 5.97 Å². The lowest BCUT2D eigenvalue weighted by molar-refractivity contribution is -0.143. The maximum absolute atomic E-state index is 15.7. The van der Waals surface area contributed by atoms with Crippen molar-refractivity contribution < 1.29 is 93.4 Å². The van der Waals surface area contributed by atoms with E-state index in [1.807, 2.05) is 0 Å². The zero-order chi connectivity index (χ0) is 60.4. The van der Waals surface area contributed by atoms with Crippen LogP contribution in [0.15, 0.2) is 115 Å². The monoisotopic (exact) mass is 1200 g/mol. The van der Waals surface area contributed by atoms with E-state index in [9.17, 15) is 64.8 Å². The predicted molar refractivity (Wildman–Crippen MR) is 292 cm³/mol. The van der Waals surface area contributed by atoms with Crippen LogP contribution >= 0.6 is 23.2 Å². The molecule has 17 bridgehead atoms. The highest BCUT2D eigenvalue weighted by Gasteiger charge is 2.41. The van der Waals surface area contributed by atoms with E-state index >= 15 is 14.4 Å². The number of amides is 6. The Morgan fingerprint density at radius 1 is 0.494 bits per heavy atom. The van der Waals surface area contributed by atoms with Crippen molar-refractivity contribution in [3.05, 3.63) is 164 Å². The number of carboxylic acid groups (broad SMARTS) is 1. The molecule has 13 rings (SSSR count). The first-order chi connectivity index (χ1) is 40.5. The smallest absolute Gasteiger partial charge is 0.330 e. The number of phenolic OH excluding ortho intramolecular Hbond substituents is 6. The van der Waals surface area contributed by atoms with E-state index in [4.69, 9.17) is 37.4 Å². The van der Waals surface area contributed by atoms with Crippen LogP contribution in [0.5, 0.6) is 69.0 Å². The number of carboxylic acids is 1. The van der Waals surface area contributed by atoms with Crippen molar-refractivity contribution in [3.8, 4) is 80.1 Å². The maximum atomic E-state index is 15.7. The van der Waals surface area contributed by atoms with Crippen LogP contribution in [0.2, 0.25) is 10.0 Å². The Kier molecular flexibility index (Phi) is 14.4. The number of aliphatic hydroxyl groups excluding tert-OH is 1. The Labute approximate surface area is 486 Å². The molecule has 0 aliphatic carbocycles. The Morgan fingerprint density at radius 3 is 1.76 bits per heavy atom. The summed E-state index contributed by atoms with van der Waals surface area (Å²) < 4.78 is 18.2. The summed E-state index contributed by atoms with van der Waals surface area (Å²) >= 11 is 13.6. The quantitative estimate of drug-likeness (QED) is 0.0943. The molecule has 0 radical (unpaired) electrons. The van der Waals surface area contributed by atoms with Gasteiger partial charge < -0.3 is 87.0 Å². The summed E-state index contributed by atoms with van der Waals surface area (Å²) in [6.07, 6.45) is -2.58. The third kappa shape index (κ3) is 10.8. The average Bonchev–Trinajstić information content (AvgIpc) is 3.65. The number of hydrogen-bond acceptors (Lipinski definition) is 18. The second kappa shape index (κ2) is 21.9. The molecule has 6 heterocycles. The normalized spacial score (nSPS) is 21.2. The summed E-state index contributed by atoms with van der Waals surface area (Å²) in [6, 6.07) is 8.38. The lowest BCUT2D eigenvalue weighted by atomic mass is 9.89. The van der Waals surface area contributed by atoms with E-state index in [1.54, 1.807) is 0 Å². The number of nitrogens with one attached hydrogen (secondary N) is 6. The fourth-order valence-corrected chi connectivity index (χ4v) is 10.6. The fraction of sp³-hybridized carbons (Fsp3) is 0.138.